The molecule has 0 radical (unpaired) electrons. The molecule has 5 nitrogen and oxygen atoms in total. The standard InChI is InChI=1S/C23H24N4OS/c1-16-19(18-10-5-6-11-20(18)25-16)14-24-27-21(22-12-7-13-28-22)15-29-23(27)26-17-8-3-2-4-9-17/h5-7,10-15,17,25H,2-4,8-9H2,1H3. The molecule has 4 aromatic rings. The van der Waals surface area contributed by atoms with Gasteiger partial charge in [-0.25, -0.2) is 4.68 Å². The molecule has 0 amide bonds. The first-order chi connectivity index (χ1) is 14.3. The van der Waals surface area contributed by atoms with Crippen LogP contribution in [0.1, 0.15) is 43.4 Å². The molecule has 1 N–H and O–H groups in total. The van der Waals surface area contributed by atoms with Crippen molar-refractivity contribution in [2.45, 2.75) is 45.1 Å². The Labute approximate surface area is 173 Å². The summed E-state index contributed by atoms with van der Waals surface area (Å²) in [7, 11) is 0. The van der Waals surface area contributed by atoms with Crippen LogP contribution < -0.4 is 4.80 Å². The summed E-state index contributed by atoms with van der Waals surface area (Å²) in [5.74, 6) is 0.805. The predicted molar refractivity (Wildman–Crippen MR) is 118 cm³/mol. The van der Waals surface area contributed by atoms with Crippen molar-refractivity contribution in [2.75, 3.05) is 0 Å². The smallest absolute Gasteiger partial charge is 0.206 e. The average Bonchev–Trinajstić information content (AvgIpc) is 3.46. The Morgan fingerprint density at radius 2 is 2.00 bits per heavy atom. The fourth-order valence-electron chi connectivity index (χ4n) is 4.04. The van der Waals surface area contributed by atoms with Crippen LogP contribution in [0.5, 0.6) is 0 Å². The van der Waals surface area contributed by atoms with Gasteiger partial charge in [-0.05, 0) is 38.0 Å². The van der Waals surface area contributed by atoms with Gasteiger partial charge in [0.05, 0.1) is 18.5 Å². The summed E-state index contributed by atoms with van der Waals surface area (Å²) in [5.41, 5.74) is 4.27. The van der Waals surface area contributed by atoms with E-state index in [2.05, 4.69) is 35.5 Å². The number of hydrogen-bond acceptors (Lipinski definition) is 4. The number of para-hydroxylation sites is 1. The molecule has 6 heteroatoms. The fraction of sp³-hybridized carbons (Fsp3) is 0.304. The number of benzene rings is 1. The Morgan fingerprint density at radius 1 is 1.14 bits per heavy atom. The van der Waals surface area contributed by atoms with Gasteiger partial charge in [0.1, 0.15) is 5.69 Å². The lowest BCUT2D eigenvalue weighted by atomic mass is 9.96. The van der Waals surface area contributed by atoms with E-state index in [4.69, 9.17) is 14.5 Å². The first kappa shape index (κ1) is 18.2. The minimum Gasteiger partial charge on any atom is -0.463 e. The van der Waals surface area contributed by atoms with Gasteiger partial charge in [-0.3, -0.25) is 4.99 Å². The summed E-state index contributed by atoms with van der Waals surface area (Å²) in [5, 5.41) is 8.13. The highest BCUT2D eigenvalue weighted by Gasteiger charge is 2.15. The topological polar surface area (TPSA) is 58.6 Å². The van der Waals surface area contributed by atoms with Crippen molar-refractivity contribution in [3.63, 3.8) is 0 Å². The zero-order valence-electron chi connectivity index (χ0n) is 16.5. The molecule has 0 spiro atoms. The van der Waals surface area contributed by atoms with E-state index >= 15 is 0 Å². The van der Waals surface area contributed by atoms with E-state index in [1.54, 1.807) is 17.6 Å². The molecular formula is C23H24N4OS. The second-order valence-electron chi connectivity index (χ2n) is 7.57. The molecule has 3 heterocycles. The Hall–Kier alpha value is -2.86. The SMILES string of the molecule is Cc1[nH]c2ccccc2c1C=Nn1c(-c2ccco2)csc1=NC1CCCCC1. The Bertz CT molecular complexity index is 1200. The molecule has 0 unspecified atom stereocenters. The van der Waals surface area contributed by atoms with E-state index in [-0.39, 0.29) is 0 Å². The number of furan rings is 1. The number of aryl methyl sites for hydroxylation is 1. The highest BCUT2D eigenvalue weighted by Crippen LogP contribution is 2.24. The number of nitrogens with zero attached hydrogens (tertiary/aromatic N) is 3. The predicted octanol–water partition coefficient (Wildman–Crippen LogP) is 5.71. The van der Waals surface area contributed by atoms with Gasteiger partial charge in [-0.15, -0.1) is 11.3 Å². The first-order valence-electron chi connectivity index (χ1n) is 10.2. The molecule has 1 aliphatic carbocycles. The molecule has 1 fully saturated rings. The number of thiazole rings is 1. The van der Waals surface area contributed by atoms with Crippen molar-refractivity contribution >= 4 is 28.5 Å². The number of hydrogen-bond donors (Lipinski definition) is 1. The second kappa shape index (κ2) is 7.87. The number of nitrogens with one attached hydrogen (secondary N) is 1. The molecule has 1 saturated carbocycles. The van der Waals surface area contributed by atoms with Crippen LogP contribution in [0.4, 0.5) is 0 Å². The Balaban J connectivity index is 1.60. The van der Waals surface area contributed by atoms with E-state index in [1.807, 2.05) is 29.1 Å². The quantitative estimate of drug-likeness (QED) is 0.435. The zero-order valence-corrected chi connectivity index (χ0v) is 17.3. The highest BCUT2D eigenvalue weighted by atomic mass is 32.1. The molecule has 3 aromatic heterocycles. The van der Waals surface area contributed by atoms with E-state index in [0.29, 0.717) is 6.04 Å². The van der Waals surface area contributed by atoms with Crippen LogP contribution in [-0.2, 0) is 0 Å². The van der Waals surface area contributed by atoms with Crippen LogP contribution in [0.3, 0.4) is 0 Å². The first-order valence-corrected chi connectivity index (χ1v) is 11.1. The lowest BCUT2D eigenvalue weighted by Crippen LogP contribution is -2.18. The van der Waals surface area contributed by atoms with Crippen molar-refractivity contribution < 1.29 is 4.42 Å². The highest BCUT2D eigenvalue weighted by molar-refractivity contribution is 7.07. The summed E-state index contributed by atoms with van der Waals surface area (Å²) >= 11 is 1.63. The van der Waals surface area contributed by atoms with Crippen molar-refractivity contribution in [1.29, 1.82) is 0 Å². The van der Waals surface area contributed by atoms with Crippen LogP contribution >= 0.6 is 11.3 Å². The molecule has 148 valence electrons. The van der Waals surface area contributed by atoms with E-state index in [9.17, 15) is 0 Å². The fourth-order valence-corrected chi connectivity index (χ4v) is 4.93. The van der Waals surface area contributed by atoms with Gasteiger partial charge in [-0.1, -0.05) is 37.5 Å². The van der Waals surface area contributed by atoms with E-state index < -0.39 is 0 Å². The number of fused-ring (bicyclic) bond motifs is 1. The normalized spacial score (nSPS) is 16.4. The van der Waals surface area contributed by atoms with Crippen LogP contribution in [0.25, 0.3) is 22.4 Å². The molecule has 1 aliphatic rings. The van der Waals surface area contributed by atoms with Gasteiger partial charge in [0, 0.05) is 27.5 Å². The molecule has 0 atom stereocenters. The van der Waals surface area contributed by atoms with E-state index in [1.165, 1.54) is 37.5 Å². The molecule has 0 aliphatic heterocycles. The van der Waals surface area contributed by atoms with Crippen LogP contribution in [0.15, 0.2) is 62.6 Å². The maximum atomic E-state index is 5.66. The maximum Gasteiger partial charge on any atom is 0.206 e. The summed E-state index contributed by atoms with van der Waals surface area (Å²) < 4.78 is 7.59. The number of H-pyrrole nitrogens is 1. The zero-order chi connectivity index (χ0) is 19.6. The van der Waals surface area contributed by atoms with Gasteiger partial charge >= 0.3 is 0 Å². The van der Waals surface area contributed by atoms with Gasteiger partial charge in [0.2, 0.25) is 4.80 Å². The minimum absolute atomic E-state index is 0.392. The Morgan fingerprint density at radius 3 is 2.83 bits per heavy atom. The van der Waals surface area contributed by atoms with E-state index in [0.717, 1.165) is 33.0 Å². The number of aromatic amines is 1. The molecule has 1 aromatic carbocycles. The third-order valence-electron chi connectivity index (χ3n) is 5.57. The minimum atomic E-state index is 0.392. The van der Waals surface area contributed by atoms with Gasteiger partial charge in [0.25, 0.3) is 0 Å². The largest absolute Gasteiger partial charge is 0.463 e. The molecule has 5 rings (SSSR count). The molecule has 0 bridgehead atoms. The van der Waals surface area contributed by atoms with Gasteiger partial charge in [-0.2, -0.15) is 5.10 Å². The van der Waals surface area contributed by atoms with Crippen LogP contribution in [0.2, 0.25) is 0 Å². The average molecular weight is 405 g/mol. The third-order valence-corrected chi connectivity index (χ3v) is 6.40. The monoisotopic (exact) mass is 404 g/mol. The van der Waals surface area contributed by atoms with Crippen LogP contribution in [-0.4, -0.2) is 21.9 Å². The second-order valence-corrected chi connectivity index (χ2v) is 8.40. The summed E-state index contributed by atoms with van der Waals surface area (Å²) in [4.78, 5) is 9.42. The lowest BCUT2D eigenvalue weighted by molar-refractivity contribution is 0.435. The Kier molecular flexibility index (Phi) is 4.94. The summed E-state index contributed by atoms with van der Waals surface area (Å²) in [6, 6.07) is 12.6. The third kappa shape index (κ3) is 3.60. The molecule has 0 saturated heterocycles. The van der Waals surface area contributed by atoms with Crippen LogP contribution in [0, 0.1) is 6.92 Å². The molecule has 29 heavy (non-hydrogen) atoms. The number of aromatic nitrogens is 2. The van der Waals surface area contributed by atoms with Crippen molar-refractivity contribution in [3.8, 4) is 11.5 Å². The lowest BCUT2D eigenvalue weighted by Gasteiger charge is -2.16. The molecular weight excluding hydrogens is 380 g/mol. The van der Waals surface area contributed by atoms with Crippen molar-refractivity contribution in [3.05, 3.63) is 64.1 Å². The number of rotatable bonds is 4. The summed E-state index contributed by atoms with van der Waals surface area (Å²) in [6.45, 7) is 2.08. The van der Waals surface area contributed by atoms with Gasteiger partial charge in [0.15, 0.2) is 5.76 Å². The maximum absolute atomic E-state index is 5.66. The van der Waals surface area contributed by atoms with Crippen molar-refractivity contribution in [2.24, 2.45) is 10.1 Å². The summed E-state index contributed by atoms with van der Waals surface area (Å²) in [6.07, 6.45) is 9.82. The van der Waals surface area contributed by atoms with Crippen molar-refractivity contribution in [1.82, 2.24) is 9.66 Å². The van der Waals surface area contributed by atoms with Gasteiger partial charge < -0.3 is 9.40 Å².